The van der Waals surface area contributed by atoms with Crippen molar-refractivity contribution < 1.29 is 13.2 Å². The minimum absolute atomic E-state index is 0.0610. The number of amidine groups is 1. The molecule has 0 aliphatic carbocycles. The number of fused-ring (bicyclic) bond motifs is 1. The molecular weight excluding hydrogens is 438 g/mol. The predicted octanol–water partition coefficient (Wildman–Crippen LogP) is 4.08. The molecule has 9 heteroatoms. The molecule has 1 heterocycles. The minimum Gasteiger partial charge on any atom is -0.359 e. The van der Waals surface area contributed by atoms with E-state index in [9.17, 15) is 13.2 Å². The second-order valence-electron chi connectivity index (χ2n) is 7.56. The van der Waals surface area contributed by atoms with Crippen LogP contribution >= 0.6 is 0 Å². The summed E-state index contributed by atoms with van der Waals surface area (Å²) >= 11 is 0. The molecule has 4 N–H and O–H groups in total. The smallest absolute Gasteiger partial charge is 0.262 e. The number of para-hydroxylation sites is 3. The van der Waals surface area contributed by atoms with Crippen molar-refractivity contribution in [3.05, 3.63) is 78.4 Å². The van der Waals surface area contributed by atoms with Crippen molar-refractivity contribution in [2.45, 2.75) is 31.3 Å². The van der Waals surface area contributed by atoms with Gasteiger partial charge in [-0.2, -0.15) is 0 Å². The van der Waals surface area contributed by atoms with Crippen molar-refractivity contribution in [1.82, 2.24) is 4.72 Å². The Kier molecular flexibility index (Phi) is 6.32. The average molecular weight is 464 g/mol. The van der Waals surface area contributed by atoms with Crippen molar-refractivity contribution in [3.63, 3.8) is 0 Å². The number of rotatable bonds is 6. The monoisotopic (exact) mass is 463 g/mol. The van der Waals surface area contributed by atoms with Gasteiger partial charge in [0.1, 0.15) is 0 Å². The van der Waals surface area contributed by atoms with Crippen LogP contribution in [0.15, 0.2) is 82.7 Å². The van der Waals surface area contributed by atoms with Gasteiger partial charge in [0, 0.05) is 18.3 Å². The fourth-order valence-corrected chi connectivity index (χ4v) is 4.59. The first-order valence-corrected chi connectivity index (χ1v) is 12.0. The molecule has 4 rings (SSSR count). The molecule has 8 nitrogen and oxygen atoms in total. The van der Waals surface area contributed by atoms with E-state index >= 15 is 0 Å². The Hall–Kier alpha value is -3.85. The summed E-state index contributed by atoms with van der Waals surface area (Å²) in [6.07, 6.45) is 0.228. The molecule has 1 aliphatic rings. The van der Waals surface area contributed by atoms with Gasteiger partial charge in [-0.3, -0.25) is 9.52 Å². The van der Waals surface area contributed by atoms with E-state index in [0.717, 1.165) is 23.4 Å². The third kappa shape index (κ3) is 5.15. The number of benzene rings is 3. The van der Waals surface area contributed by atoms with Gasteiger partial charge in [-0.25, -0.2) is 13.4 Å². The predicted molar refractivity (Wildman–Crippen MR) is 131 cm³/mol. The number of sulfonamides is 1. The molecule has 0 radical (unpaired) electrons. The third-order valence-corrected chi connectivity index (χ3v) is 6.51. The van der Waals surface area contributed by atoms with Crippen LogP contribution in [0.1, 0.15) is 19.4 Å². The quantitative estimate of drug-likeness (QED) is 0.440. The molecule has 3 aromatic carbocycles. The summed E-state index contributed by atoms with van der Waals surface area (Å²) in [5.74, 6) is -0.00291. The summed E-state index contributed by atoms with van der Waals surface area (Å²) in [5, 5.41) is 9.34. The van der Waals surface area contributed by atoms with Gasteiger partial charge in [-0.15, -0.1) is 0 Å². The van der Waals surface area contributed by atoms with E-state index in [-0.39, 0.29) is 16.6 Å². The van der Waals surface area contributed by atoms with E-state index < -0.39 is 16.2 Å². The molecule has 1 aliphatic heterocycles. The van der Waals surface area contributed by atoms with Crippen LogP contribution in [0.2, 0.25) is 0 Å². The molecule has 0 bridgehead atoms. The lowest BCUT2D eigenvalue weighted by Crippen LogP contribution is -2.48. The van der Waals surface area contributed by atoms with E-state index in [1.165, 1.54) is 19.1 Å². The molecule has 33 heavy (non-hydrogen) atoms. The van der Waals surface area contributed by atoms with Crippen LogP contribution in [0.4, 0.5) is 22.7 Å². The Labute approximate surface area is 193 Å². The highest BCUT2D eigenvalue weighted by molar-refractivity contribution is 7.90. The number of hydrogen-bond donors (Lipinski definition) is 4. The minimum atomic E-state index is -3.92. The Morgan fingerprint density at radius 3 is 2.42 bits per heavy atom. The van der Waals surface area contributed by atoms with E-state index in [1.54, 1.807) is 12.1 Å². The van der Waals surface area contributed by atoms with Crippen LogP contribution in [0.5, 0.6) is 0 Å². The zero-order chi connectivity index (χ0) is 23.4. The molecule has 1 unspecified atom stereocenters. The van der Waals surface area contributed by atoms with Gasteiger partial charge in [0.25, 0.3) is 10.0 Å². The van der Waals surface area contributed by atoms with Crippen molar-refractivity contribution in [2.24, 2.45) is 4.99 Å². The van der Waals surface area contributed by atoms with E-state index in [0.29, 0.717) is 11.4 Å². The fraction of sp³-hybridized carbons (Fsp3) is 0.167. The fourth-order valence-electron chi connectivity index (χ4n) is 3.54. The van der Waals surface area contributed by atoms with Crippen LogP contribution < -0.4 is 20.7 Å². The SMILES string of the molecule is CCc1ccccc1NC1Nc2ccccc2N=C1NS(=O)(=O)c1ccc(NC(C)=O)cc1. The Bertz CT molecular complexity index is 1300. The zero-order valence-corrected chi connectivity index (χ0v) is 19.1. The number of nitrogens with zero attached hydrogens (tertiary/aromatic N) is 1. The highest BCUT2D eigenvalue weighted by Crippen LogP contribution is 2.30. The van der Waals surface area contributed by atoms with Crippen LogP contribution in [-0.4, -0.2) is 26.3 Å². The van der Waals surface area contributed by atoms with Crippen molar-refractivity contribution in [1.29, 1.82) is 0 Å². The maximum Gasteiger partial charge on any atom is 0.262 e. The van der Waals surface area contributed by atoms with Crippen molar-refractivity contribution in [2.75, 3.05) is 16.0 Å². The van der Waals surface area contributed by atoms with Gasteiger partial charge in [-0.1, -0.05) is 37.3 Å². The van der Waals surface area contributed by atoms with E-state index in [4.69, 9.17) is 0 Å². The molecule has 1 amide bonds. The highest BCUT2D eigenvalue weighted by Gasteiger charge is 2.27. The Morgan fingerprint density at radius 1 is 1.00 bits per heavy atom. The van der Waals surface area contributed by atoms with Gasteiger partial charge in [0.15, 0.2) is 12.0 Å². The second-order valence-corrected chi connectivity index (χ2v) is 9.24. The summed E-state index contributed by atoms with van der Waals surface area (Å²) in [6.45, 7) is 3.45. The zero-order valence-electron chi connectivity index (χ0n) is 18.3. The summed E-state index contributed by atoms with van der Waals surface area (Å²) in [6, 6.07) is 21.3. The van der Waals surface area contributed by atoms with Gasteiger partial charge >= 0.3 is 0 Å². The molecule has 0 saturated heterocycles. The topological polar surface area (TPSA) is 112 Å². The standard InChI is InChI=1S/C24H25N5O3S/c1-3-17-8-4-5-9-20(17)26-23-24(28-22-11-7-6-10-21(22)27-23)29-33(31,32)19-14-12-18(13-15-19)25-16(2)30/h4-15,23,26-27H,3H2,1-2H3,(H,25,30)(H,28,29). The summed E-state index contributed by atoms with van der Waals surface area (Å²) < 4.78 is 28.9. The van der Waals surface area contributed by atoms with Crippen LogP contribution in [0.25, 0.3) is 0 Å². The van der Waals surface area contributed by atoms with Crippen LogP contribution in [0, 0.1) is 0 Å². The van der Waals surface area contributed by atoms with Crippen molar-refractivity contribution >= 4 is 44.5 Å². The molecule has 0 fully saturated rings. The lowest BCUT2D eigenvalue weighted by atomic mass is 10.1. The number of anilines is 3. The van der Waals surface area contributed by atoms with Crippen molar-refractivity contribution in [3.8, 4) is 0 Å². The molecular formula is C24H25N5O3S. The first kappa shape index (κ1) is 22.3. The van der Waals surface area contributed by atoms with E-state index in [2.05, 4.69) is 32.6 Å². The van der Waals surface area contributed by atoms with Gasteiger partial charge in [0.2, 0.25) is 5.91 Å². The molecule has 1 atom stereocenters. The number of aryl methyl sites for hydroxylation is 1. The first-order chi connectivity index (χ1) is 15.9. The van der Waals surface area contributed by atoms with E-state index in [1.807, 2.05) is 48.5 Å². The molecule has 170 valence electrons. The maximum atomic E-state index is 13.1. The number of aliphatic imine (C=N–C) groups is 1. The highest BCUT2D eigenvalue weighted by atomic mass is 32.2. The second kappa shape index (κ2) is 9.33. The average Bonchev–Trinajstić information content (AvgIpc) is 2.79. The van der Waals surface area contributed by atoms with Crippen LogP contribution in [0.3, 0.4) is 0 Å². The largest absolute Gasteiger partial charge is 0.359 e. The van der Waals surface area contributed by atoms with Gasteiger partial charge in [0.05, 0.1) is 16.3 Å². The first-order valence-electron chi connectivity index (χ1n) is 10.5. The molecule has 0 saturated carbocycles. The number of nitrogens with one attached hydrogen (secondary N) is 4. The number of amides is 1. The molecule has 3 aromatic rings. The summed E-state index contributed by atoms with van der Waals surface area (Å²) in [7, 11) is -3.92. The third-order valence-electron chi connectivity index (χ3n) is 5.14. The lowest BCUT2D eigenvalue weighted by molar-refractivity contribution is -0.114. The molecule has 0 spiro atoms. The van der Waals surface area contributed by atoms with Gasteiger partial charge < -0.3 is 16.0 Å². The lowest BCUT2D eigenvalue weighted by Gasteiger charge is -2.29. The number of carbonyl (C=O) groups excluding carboxylic acids is 1. The maximum absolute atomic E-state index is 13.1. The summed E-state index contributed by atoms with van der Waals surface area (Å²) in [5.41, 5.74) is 3.95. The Balaban J connectivity index is 1.64. The summed E-state index contributed by atoms with van der Waals surface area (Å²) in [4.78, 5) is 15.9. The number of hydrogen-bond acceptors (Lipinski definition) is 6. The van der Waals surface area contributed by atoms with Crippen LogP contribution in [-0.2, 0) is 21.2 Å². The molecule has 0 aromatic heterocycles. The Morgan fingerprint density at radius 2 is 1.70 bits per heavy atom. The number of carbonyl (C=O) groups is 1. The normalized spacial score (nSPS) is 15.0. The van der Waals surface area contributed by atoms with Gasteiger partial charge in [-0.05, 0) is 54.4 Å².